The fraction of sp³-hybridized carbons (Fsp3) is 0.929. The van der Waals surface area contributed by atoms with Crippen LogP contribution >= 0.6 is 0 Å². The second-order valence-corrected chi connectivity index (χ2v) is 24.7. The van der Waals surface area contributed by atoms with Crippen LogP contribution in [0.2, 0.25) is 0 Å². The van der Waals surface area contributed by atoms with Gasteiger partial charge in [-0.1, -0.05) is 334 Å². The van der Waals surface area contributed by atoms with E-state index in [-0.39, 0.29) is 12.5 Å². The highest BCUT2D eigenvalue weighted by atomic mass is 16.7. The van der Waals surface area contributed by atoms with Gasteiger partial charge in [0.1, 0.15) is 24.4 Å². The molecule has 7 atom stereocenters. The van der Waals surface area contributed by atoms with Crippen LogP contribution in [0.4, 0.5) is 0 Å². The smallest absolute Gasteiger partial charge is 0.220 e. The molecule has 1 saturated heterocycles. The molecule has 1 rings (SSSR count). The molecule has 1 aliphatic rings. The summed E-state index contributed by atoms with van der Waals surface area (Å²) in [4.78, 5) is 13.1. The molecule has 7 unspecified atom stereocenters. The first-order valence-electron chi connectivity index (χ1n) is 35.0. The summed E-state index contributed by atoms with van der Waals surface area (Å²) in [6, 6.07) is -0.718. The van der Waals surface area contributed by atoms with Gasteiger partial charge in [0.05, 0.1) is 25.4 Å². The SMILES string of the molecule is CCCCCCC/C=C\C/C=C\CCCCCCCCCCCCCCCCCCCC(=O)NC(COC1OC(CO)C(O)C(O)C1O)C(O)CCCCCCCCCCCCCCCCCCCCCCCCCCCCC. The summed E-state index contributed by atoms with van der Waals surface area (Å²) in [5.41, 5.74) is 0. The fourth-order valence-corrected chi connectivity index (χ4v) is 11.6. The molecule has 0 bridgehead atoms. The number of aliphatic hydroxyl groups excluding tert-OH is 5. The first-order chi connectivity index (χ1) is 38.8. The van der Waals surface area contributed by atoms with E-state index < -0.39 is 49.5 Å². The monoisotopic (exact) mass is 1120 g/mol. The average molecular weight is 1120 g/mol. The predicted molar refractivity (Wildman–Crippen MR) is 337 cm³/mol. The second kappa shape index (κ2) is 59.8. The van der Waals surface area contributed by atoms with E-state index in [1.807, 2.05) is 0 Å². The van der Waals surface area contributed by atoms with Crippen LogP contribution < -0.4 is 5.32 Å². The van der Waals surface area contributed by atoms with Crippen LogP contribution in [-0.4, -0.2) is 87.5 Å². The highest BCUT2D eigenvalue weighted by Gasteiger charge is 2.44. The standard InChI is InChI=1S/C70H135NO8/c1-3-5-7-9-11-13-15-17-19-21-23-25-27-29-31-32-34-36-38-40-42-44-46-48-50-52-54-56-58-60-66(74)71-63(62-78-70-69(77)68(76)67(75)65(61-72)79-70)64(73)59-57-55-53-51-49-47-45-43-41-39-37-35-33-30-28-26-24-22-20-18-16-14-12-10-8-6-4-2/h15,17,21,23,63-65,67-70,72-73,75-77H,3-14,16,18-20,22,24-62H2,1-2H3,(H,71,74)/b17-15-,23-21-. The van der Waals surface area contributed by atoms with E-state index in [2.05, 4.69) is 43.5 Å². The molecular weight excluding hydrogens is 983 g/mol. The molecule has 0 aromatic rings. The van der Waals surface area contributed by atoms with Crippen molar-refractivity contribution in [1.29, 1.82) is 0 Å². The number of aliphatic hydroxyl groups is 5. The molecule has 468 valence electrons. The van der Waals surface area contributed by atoms with Gasteiger partial charge in [-0.05, 0) is 44.9 Å². The lowest BCUT2D eigenvalue weighted by molar-refractivity contribution is -0.302. The van der Waals surface area contributed by atoms with Crippen molar-refractivity contribution in [2.24, 2.45) is 0 Å². The Morgan fingerprint density at radius 2 is 0.747 bits per heavy atom. The van der Waals surface area contributed by atoms with Gasteiger partial charge in [-0.25, -0.2) is 0 Å². The highest BCUT2D eigenvalue weighted by molar-refractivity contribution is 5.76. The molecule has 1 fully saturated rings. The molecule has 1 aliphatic heterocycles. The van der Waals surface area contributed by atoms with Gasteiger partial charge >= 0.3 is 0 Å². The first-order valence-corrected chi connectivity index (χ1v) is 35.0. The Morgan fingerprint density at radius 1 is 0.430 bits per heavy atom. The van der Waals surface area contributed by atoms with Crippen molar-refractivity contribution < 1.29 is 39.8 Å². The molecule has 6 N–H and O–H groups in total. The lowest BCUT2D eigenvalue weighted by atomic mass is 9.99. The van der Waals surface area contributed by atoms with E-state index in [4.69, 9.17) is 9.47 Å². The lowest BCUT2D eigenvalue weighted by Gasteiger charge is -2.40. The van der Waals surface area contributed by atoms with Crippen LogP contribution in [-0.2, 0) is 14.3 Å². The maximum Gasteiger partial charge on any atom is 0.220 e. The number of rotatable bonds is 62. The van der Waals surface area contributed by atoms with Crippen molar-refractivity contribution in [3.63, 3.8) is 0 Å². The van der Waals surface area contributed by atoms with Crippen LogP contribution in [0, 0.1) is 0 Å². The van der Waals surface area contributed by atoms with Crippen molar-refractivity contribution in [2.45, 2.75) is 403 Å². The maximum absolute atomic E-state index is 13.1. The maximum atomic E-state index is 13.1. The van der Waals surface area contributed by atoms with Crippen LogP contribution in [0.3, 0.4) is 0 Å². The van der Waals surface area contributed by atoms with Gasteiger partial charge in [0.2, 0.25) is 5.91 Å². The molecule has 0 aromatic carbocycles. The van der Waals surface area contributed by atoms with E-state index in [0.29, 0.717) is 12.8 Å². The second-order valence-electron chi connectivity index (χ2n) is 24.7. The van der Waals surface area contributed by atoms with Gasteiger partial charge in [0, 0.05) is 6.42 Å². The summed E-state index contributed by atoms with van der Waals surface area (Å²) in [7, 11) is 0. The molecule has 9 heteroatoms. The summed E-state index contributed by atoms with van der Waals surface area (Å²) >= 11 is 0. The summed E-state index contributed by atoms with van der Waals surface area (Å²) in [6.45, 7) is 3.89. The van der Waals surface area contributed by atoms with Gasteiger partial charge in [-0.3, -0.25) is 4.79 Å². The summed E-state index contributed by atoms with van der Waals surface area (Å²) < 4.78 is 11.4. The van der Waals surface area contributed by atoms with Crippen LogP contribution in [0.15, 0.2) is 24.3 Å². The molecular formula is C70H135NO8. The largest absolute Gasteiger partial charge is 0.394 e. The molecule has 0 aliphatic carbocycles. The fourth-order valence-electron chi connectivity index (χ4n) is 11.6. The Bertz CT molecular complexity index is 1300. The number of nitrogens with one attached hydrogen (secondary N) is 1. The molecule has 9 nitrogen and oxygen atoms in total. The molecule has 1 amide bonds. The number of amides is 1. The highest BCUT2D eigenvalue weighted by Crippen LogP contribution is 2.24. The Kier molecular flexibility index (Phi) is 57.3. The number of allylic oxidation sites excluding steroid dienone is 4. The zero-order chi connectivity index (χ0) is 57.2. The molecule has 0 aromatic heterocycles. The van der Waals surface area contributed by atoms with Crippen LogP contribution in [0.1, 0.15) is 361 Å². The number of ether oxygens (including phenoxy) is 2. The summed E-state index contributed by atoms with van der Waals surface area (Å²) in [5.74, 6) is -0.137. The Labute approximate surface area is 489 Å². The molecule has 0 saturated carbocycles. The minimum absolute atomic E-state index is 0.133. The van der Waals surface area contributed by atoms with E-state index in [0.717, 1.165) is 44.9 Å². The van der Waals surface area contributed by atoms with E-state index >= 15 is 0 Å². The van der Waals surface area contributed by atoms with Crippen molar-refractivity contribution in [3.05, 3.63) is 24.3 Å². The Morgan fingerprint density at radius 3 is 1.09 bits per heavy atom. The third kappa shape index (κ3) is 48.7. The van der Waals surface area contributed by atoms with Crippen LogP contribution in [0.5, 0.6) is 0 Å². The van der Waals surface area contributed by atoms with Gasteiger partial charge < -0.3 is 40.3 Å². The van der Waals surface area contributed by atoms with Crippen LogP contribution in [0.25, 0.3) is 0 Å². The number of carbonyl (C=O) groups is 1. The predicted octanol–water partition coefficient (Wildman–Crippen LogP) is 18.9. The normalized spacial score (nSPS) is 18.6. The number of unbranched alkanes of at least 4 members (excludes halogenated alkanes) is 48. The first kappa shape index (κ1) is 75.7. The quantitative estimate of drug-likeness (QED) is 0.0261. The molecule has 0 spiro atoms. The van der Waals surface area contributed by atoms with E-state index in [1.54, 1.807) is 0 Å². The third-order valence-corrected chi connectivity index (χ3v) is 17.1. The Balaban J connectivity index is 2.11. The molecule has 0 radical (unpaired) electrons. The average Bonchev–Trinajstić information content (AvgIpc) is 3.47. The van der Waals surface area contributed by atoms with Crippen molar-refractivity contribution >= 4 is 5.91 Å². The van der Waals surface area contributed by atoms with Crippen molar-refractivity contribution in [1.82, 2.24) is 5.32 Å². The topological polar surface area (TPSA) is 149 Å². The lowest BCUT2D eigenvalue weighted by Crippen LogP contribution is -2.60. The van der Waals surface area contributed by atoms with E-state index in [9.17, 15) is 30.3 Å². The molecule has 1 heterocycles. The number of hydrogen-bond donors (Lipinski definition) is 6. The van der Waals surface area contributed by atoms with Gasteiger partial charge in [-0.2, -0.15) is 0 Å². The minimum Gasteiger partial charge on any atom is -0.394 e. The third-order valence-electron chi connectivity index (χ3n) is 17.1. The van der Waals surface area contributed by atoms with Gasteiger partial charge in [-0.15, -0.1) is 0 Å². The zero-order valence-electron chi connectivity index (χ0n) is 52.4. The zero-order valence-corrected chi connectivity index (χ0v) is 52.4. The Hall–Kier alpha value is -1.33. The molecule has 79 heavy (non-hydrogen) atoms. The van der Waals surface area contributed by atoms with Gasteiger partial charge in [0.25, 0.3) is 0 Å². The summed E-state index contributed by atoms with van der Waals surface area (Å²) in [6.07, 6.45) is 71.0. The summed E-state index contributed by atoms with van der Waals surface area (Å²) in [5, 5.41) is 54.9. The minimum atomic E-state index is -1.55. The van der Waals surface area contributed by atoms with Gasteiger partial charge in [0.15, 0.2) is 6.29 Å². The number of hydrogen-bond acceptors (Lipinski definition) is 8. The van der Waals surface area contributed by atoms with Crippen molar-refractivity contribution in [2.75, 3.05) is 13.2 Å². The van der Waals surface area contributed by atoms with E-state index in [1.165, 1.54) is 289 Å². The number of carbonyl (C=O) groups excluding carboxylic acids is 1. The van der Waals surface area contributed by atoms with Crippen molar-refractivity contribution in [3.8, 4) is 0 Å².